The van der Waals surface area contributed by atoms with Crippen LogP contribution in [-0.2, 0) is 11.2 Å². The molecule has 1 saturated carbocycles. The molecule has 0 aromatic carbocycles. The molecule has 1 heterocycles. The van der Waals surface area contributed by atoms with E-state index in [1.165, 1.54) is 0 Å². The molecule has 1 aliphatic rings. The summed E-state index contributed by atoms with van der Waals surface area (Å²) < 4.78 is 3.78. The van der Waals surface area contributed by atoms with Gasteiger partial charge >= 0.3 is 5.97 Å². The Hall–Kier alpha value is -1.50. The van der Waals surface area contributed by atoms with Crippen LogP contribution in [0.3, 0.4) is 0 Å². The van der Waals surface area contributed by atoms with E-state index < -0.39 is 5.97 Å². The Labute approximate surface area is 115 Å². The van der Waals surface area contributed by atoms with E-state index in [0.717, 1.165) is 30.8 Å². The van der Waals surface area contributed by atoms with Gasteiger partial charge in [0, 0.05) is 6.54 Å². The first-order valence-corrected chi connectivity index (χ1v) is 7.15. The molecule has 2 N–H and O–H groups in total. The van der Waals surface area contributed by atoms with Crippen molar-refractivity contribution in [2.45, 2.75) is 39.0 Å². The highest BCUT2D eigenvalue weighted by Crippen LogP contribution is 2.43. The lowest BCUT2D eigenvalue weighted by Gasteiger charge is -2.40. The Morgan fingerprint density at radius 2 is 2.21 bits per heavy atom. The molecule has 1 aromatic heterocycles. The summed E-state index contributed by atoms with van der Waals surface area (Å²) in [5.74, 6) is -0.994. The van der Waals surface area contributed by atoms with E-state index in [1.807, 2.05) is 6.92 Å². The molecule has 6 nitrogen and oxygen atoms in total. The zero-order valence-corrected chi connectivity index (χ0v) is 11.6. The molecule has 1 fully saturated rings. The van der Waals surface area contributed by atoms with Gasteiger partial charge in [-0.2, -0.15) is 0 Å². The van der Waals surface area contributed by atoms with Crippen molar-refractivity contribution in [2.24, 2.45) is 5.41 Å². The minimum absolute atomic E-state index is 0.120. The van der Waals surface area contributed by atoms with Crippen molar-refractivity contribution >= 4 is 23.4 Å². The number of hydrogen-bond acceptors (Lipinski definition) is 5. The van der Waals surface area contributed by atoms with E-state index in [2.05, 4.69) is 14.9 Å². The number of nitrogens with one attached hydrogen (secondary N) is 1. The number of amides is 1. The summed E-state index contributed by atoms with van der Waals surface area (Å²) in [5, 5.41) is 15.6. The second-order valence-corrected chi connectivity index (χ2v) is 5.76. The molecular weight excluding hydrogens is 266 g/mol. The van der Waals surface area contributed by atoms with Gasteiger partial charge in [-0.05, 0) is 36.2 Å². The molecule has 0 atom stereocenters. The summed E-state index contributed by atoms with van der Waals surface area (Å²) in [6.07, 6.45) is 3.54. The lowest BCUT2D eigenvalue weighted by Crippen LogP contribution is -2.43. The third-order valence-electron chi connectivity index (χ3n) is 3.66. The first-order valence-electron chi connectivity index (χ1n) is 6.37. The Morgan fingerprint density at radius 1 is 1.47 bits per heavy atom. The standard InChI is InChI=1S/C12H17N3O3S/c1-2-8-10(19-15-14-8)11(18)13-7-12(4-3-5-12)6-9(16)17/h2-7H2,1H3,(H,13,18)(H,16,17). The first kappa shape index (κ1) is 13.9. The number of carboxylic acids is 1. The van der Waals surface area contributed by atoms with Gasteiger partial charge < -0.3 is 10.4 Å². The van der Waals surface area contributed by atoms with E-state index in [4.69, 9.17) is 5.11 Å². The van der Waals surface area contributed by atoms with Gasteiger partial charge in [-0.15, -0.1) is 5.10 Å². The third-order valence-corrected chi connectivity index (χ3v) is 4.43. The van der Waals surface area contributed by atoms with Crippen LogP contribution in [0.5, 0.6) is 0 Å². The van der Waals surface area contributed by atoms with E-state index in [9.17, 15) is 9.59 Å². The highest BCUT2D eigenvalue weighted by Gasteiger charge is 2.39. The van der Waals surface area contributed by atoms with Gasteiger partial charge in [-0.3, -0.25) is 9.59 Å². The molecule has 0 bridgehead atoms. The molecule has 0 aliphatic heterocycles. The molecule has 7 heteroatoms. The van der Waals surface area contributed by atoms with Gasteiger partial charge in [0.15, 0.2) is 0 Å². The number of aliphatic carboxylic acids is 1. The van der Waals surface area contributed by atoms with Crippen molar-refractivity contribution in [1.82, 2.24) is 14.9 Å². The van der Waals surface area contributed by atoms with Crippen molar-refractivity contribution < 1.29 is 14.7 Å². The molecule has 0 saturated heterocycles. The normalized spacial score (nSPS) is 16.7. The summed E-state index contributed by atoms with van der Waals surface area (Å²) in [5.41, 5.74) is 0.440. The monoisotopic (exact) mass is 283 g/mol. The van der Waals surface area contributed by atoms with Gasteiger partial charge in [-0.25, -0.2) is 0 Å². The second kappa shape index (κ2) is 5.64. The van der Waals surface area contributed by atoms with E-state index in [0.29, 0.717) is 23.5 Å². The van der Waals surface area contributed by atoms with Crippen LogP contribution in [0.4, 0.5) is 0 Å². The van der Waals surface area contributed by atoms with Crippen LogP contribution in [0.25, 0.3) is 0 Å². The number of aryl methyl sites for hydroxylation is 1. The fourth-order valence-corrected chi connectivity index (χ4v) is 3.04. The average molecular weight is 283 g/mol. The Kier molecular flexibility index (Phi) is 4.14. The average Bonchev–Trinajstić information content (AvgIpc) is 2.79. The van der Waals surface area contributed by atoms with Crippen molar-refractivity contribution in [3.05, 3.63) is 10.6 Å². The molecule has 0 radical (unpaired) electrons. The quantitative estimate of drug-likeness (QED) is 0.825. The van der Waals surface area contributed by atoms with E-state index in [-0.39, 0.29) is 17.7 Å². The Balaban J connectivity index is 1.94. The lowest BCUT2D eigenvalue weighted by atomic mass is 9.66. The third kappa shape index (κ3) is 3.09. The molecule has 2 rings (SSSR count). The summed E-state index contributed by atoms with van der Waals surface area (Å²) in [7, 11) is 0. The second-order valence-electron chi connectivity index (χ2n) is 5.01. The topological polar surface area (TPSA) is 92.2 Å². The van der Waals surface area contributed by atoms with Crippen LogP contribution in [0.15, 0.2) is 0 Å². The van der Waals surface area contributed by atoms with Crippen molar-refractivity contribution in [3.8, 4) is 0 Å². The molecule has 0 unspecified atom stereocenters. The summed E-state index contributed by atoms with van der Waals surface area (Å²) >= 11 is 1.08. The highest BCUT2D eigenvalue weighted by atomic mass is 32.1. The van der Waals surface area contributed by atoms with Crippen LogP contribution in [0.1, 0.15) is 48.0 Å². The zero-order valence-electron chi connectivity index (χ0n) is 10.8. The van der Waals surface area contributed by atoms with Gasteiger partial charge in [0.1, 0.15) is 4.88 Å². The summed E-state index contributed by atoms with van der Waals surface area (Å²) in [6.45, 7) is 2.34. The number of nitrogens with zero attached hydrogens (tertiary/aromatic N) is 2. The van der Waals surface area contributed by atoms with E-state index >= 15 is 0 Å². The maximum absolute atomic E-state index is 12.0. The van der Waals surface area contributed by atoms with Crippen LogP contribution in [0, 0.1) is 5.41 Å². The molecule has 104 valence electrons. The first-order chi connectivity index (χ1) is 9.06. The highest BCUT2D eigenvalue weighted by molar-refractivity contribution is 7.08. The Bertz CT molecular complexity index is 482. The SMILES string of the molecule is CCc1nnsc1C(=O)NCC1(CC(=O)O)CCC1. The van der Waals surface area contributed by atoms with Crippen LogP contribution < -0.4 is 5.32 Å². The molecule has 0 spiro atoms. The fourth-order valence-electron chi connectivity index (χ4n) is 2.37. The molecular formula is C12H17N3O3S. The fraction of sp³-hybridized carbons (Fsp3) is 0.667. The van der Waals surface area contributed by atoms with Crippen LogP contribution in [0.2, 0.25) is 0 Å². The van der Waals surface area contributed by atoms with Gasteiger partial charge in [-0.1, -0.05) is 17.8 Å². The largest absolute Gasteiger partial charge is 0.481 e. The maximum Gasteiger partial charge on any atom is 0.303 e. The Morgan fingerprint density at radius 3 is 2.74 bits per heavy atom. The molecule has 1 aromatic rings. The van der Waals surface area contributed by atoms with Gasteiger partial charge in [0.05, 0.1) is 12.1 Å². The van der Waals surface area contributed by atoms with Gasteiger partial charge in [0.25, 0.3) is 5.91 Å². The van der Waals surface area contributed by atoms with Crippen molar-refractivity contribution in [3.63, 3.8) is 0 Å². The predicted molar refractivity (Wildman–Crippen MR) is 70.2 cm³/mol. The number of carboxylic acid groups (broad SMARTS) is 1. The minimum Gasteiger partial charge on any atom is -0.481 e. The number of carbonyl (C=O) groups excluding carboxylic acids is 1. The molecule has 1 amide bonds. The summed E-state index contributed by atoms with van der Waals surface area (Å²) in [4.78, 5) is 23.4. The number of aromatic nitrogens is 2. The maximum atomic E-state index is 12.0. The number of rotatable bonds is 6. The van der Waals surface area contributed by atoms with E-state index in [1.54, 1.807) is 0 Å². The number of carbonyl (C=O) groups is 2. The van der Waals surface area contributed by atoms with Crippen LogP contribution >= 0.6 is 11.5 Å². The minimum atomic E-state index is -0.803. The smallest absolute Gasteiger partial charge is 0.303 e. The summed E-state index contributed by atoms with van der Waals surface area (Å²) in [6, 6.07) is 0. The molecule has 19 heavy (non-hydrogen) atoms. The van der Waals surface area contributed by atoms with Crippen molar-refractivity contribution in [1.29, 1.82) is 0 Å². The zero-order chi connectivity index (χ0) is 13.9. The number of hydrogen-bond donors (Lipinski definition) is 2. The molecule has 1 aliphatic carbocycles. The predicted octanol–water partition coefficient (Wildman–Crippen LogP) is 1.48. The lowest BCUT2D eigenvalue weighted by molar-refractivity contribution is -0.141. The van der Waals surface area contributed by atoms with Crippen LogP contribution in [-0.4, -0.2) is 33.1 Å². The van der Waals surface area contributed by atoms with Crippen molar-refractivity contribution in [2.75, 3.05) is 6.54 Å². The van der Waals surface area contributed by atoms with Gasteiger partial charge in [0.2, 0.25) is 0 Å².